The molecule has 1 unspecified atom stereocenters. The molecule has 12 rings (SSSR count). The van der Waals surface area contributed by atoms with Crippen LogP contribution in [0.25, 0.3) is 0 Å². The molecule has 0 saturated carbocycles. The normalized spacial score (nSPS) is 14.9. The molecular weight excluding hydrogens is 1650 g/mol. The lowest BCUT2D eigenvalue weighted by molar-refractivity contribution is -0.384. The fraction of sp³-hybridized carbons (Fsp3) is 0.366. The number of hydrogen-bond acceptors (Lipinski definition) is 25. The molecule has 678 valence electrons. The number of benzene rings is 9. The minimum atomic E-state index is -1.78. The molecule has 3 aliphatic heterocycles. The van der Waals surface area contributed by atoms with Crippen molar-refractivity contribution >= 4 is 98.1 Å². The summed E-state index contributed by atoms with van der Waals surface area (Å²) in [5, 5.41) is 51.0. The van der Waals surface area contributed by atoms with Crippen molar-refractivity contribution in [2.75, 3.05) is 61.6 Å². The number of aliphatic hydroxyl groups excluding tert-OH is 3. The van der Waals surface area contributed by atoms with Gasteiger partial charge in [-0.1, -0.05) is 99.6 Å². The number of aliphatic hydroxyl groups is 3. The topological polar surface area (TPSA) is 388 Å². The molecule has 5 amide bonds. The summed E-state index contributed by atoms with van der Waals surface area (Å²) in [6, 6.07) is 55.0. The molecule has 0 aliphatic carbocycles. The summed E-state index contributed by atoms with van der Waals surface area (Å²) >= 11 is 0. The van der Waals surface area contributed by atoms with Gasteiger partial charge in [0.1, 0.15) is 54.3 Å². The number of non-ortho nitro benzene ring substituents is 1. The van der Waals surface area contributed by atoms with Crippen molar-refractivity contribution in [1.29, 1.82) is 0 Å². The van der Waals surface area contributed by atoms with Crippen molar-refractivity contribution in [1.82, 2.24) is 0 Å². The summed E-state index contributed by atoms with van der Waals surface area (Å²) in [7, 11) is 3.18. The van der Waals surface area contributed by atoms with Crippen LogP contribution in [0.5, 0.6) is 34.5 Å². The third-order valence-corrected chi connectivity index (χ3v) is 26.3. The van der Waals surface area contributed by atoms with E-state index in [9.17, 15) is 39.2 Å². The predicted octanol–water partition coefficient (Wildman–Crippen LogP) is 18.0. The lowest BCUT2D eigenvalue weighted by Gasteiger charge is -2.36. The SMILES string of the molecule is COc1cc(NC(=O)OCc2ccc(B3OC(C)(C)C(C)(C)O3)cc2OC)ccc1CO.COc1cc(NC(=O)OCc2ccc(B3OC(C)(C)C(C)(C)O3)cc2OC)ccc1COC(=O)Nc1ccc([N+](=O)[O-])cc1.Cc1cc(NC(=O)Oc2ccccc2)ccc1CO.Cc1cc(NC(=O)Oc2ccccc2)ccc1CO[Si](C)(C)C(C)(C)C.OC1CCCO1. The lowest BCUT2D eigenvalue weighted by atomic mass is 9.78. The summed E-state index contributed by atoms with van der Waals surface area (Å²) in [6.07, 6.45) is -1.74. The first-order valence-corrected chi connectivity index (χ1v) is 43.9. The fourth-order valence-corrected chi connectivity index (χ4v) is 12.8. The Labute approximate surface area is 743 Å². The number of aryl methyl sites for hydroxylation is 2. The van der Waals surface area contributed by atoms with Crippen LogP contribution < -0.4 is 65.9 Å². The van der Waals surface area contributed by atoms with Crippen molar-refractivity contribution in [3.63, 3.8) is 0 Å². The number of ether oxygens (including phenoxy) is 10. The molecule has 3 aliphatic rings. The van der Waals surface area contributed by atoms with Gasteiger partial charge in [0.15, 0.2) is 14.6 Å². The molecule has 9 aromatic rings. The van der Waals surface area contributed by atoms with Crippen molar-refractivity contribution in [2.24, 2.45) is 0 Å². The predicted molar refractivity (Wildman–Crippen MR) is 487 cm³/mol. The molecule has 1 atom stereocenters. The standard InChI is InChI=1S/C30H34BN3O10.C23H30BNO7.C21H29NO3Si.C15H15NO3.C4H8O2/c1-29(2)30(3,4)44-31(43-29)21-9-7-19(25(15-21)39-5)17-42-28(36)33-23-10-8-20(26(16-23)40-6)18-41-27(35)32-22-11-13-24(14-12-22)34(37)38;1-22(2)23(3,4)32-24(31-22)17-9-7-16(19(11-17)28-5)14-30-21(27)25-18-10-8-15(13-26)20(12-18)29-6;1-16-14-18(22-20(23)25-19-10-8-7-9-11-19)13-12-17(16)15-24-26(5,6)21(2,3)4;1-11-9-13(8-7-12(11)10-17)16-15(18)19-14-5-3-2-4-6-14;5-4-2-1-3-6-4/h7-16H,17-18H2,1-6H3,(H,32,35)(H,33,36);7-12,26H,13-14H2,1-6H3,(H,25,27);7-14H,15H2,1-6H3,(H,22,23);2-9,17H,10H2,1H3,(H,16,18);4-5H,1-3H2. The number of nitro groups is 1. The number of nitrogens with zero attached hydrogens (tertiary/aromatic N) is 1. The minimum absolute atomic E-state index is 0.0133. The number of amides is 5. The van der Waals surface area contributed by atoms with Gasteiger partial charge in [-0.3, -0.25) is 36.7 Å². The van der Waals surface area contributed by atoms with E-state index < -0.39 is 86.6 Å². The van der Waals surface area contributed by atoms with Crippen molar-refractivity contribution in [3.8, 4) is 34.5 Å². The van der Waals surface area contributed by atoms with Gasteiger partial charge in [-0.15, -0.1) is 0 Å². The number of rotatable bonds is 25. The van der Waals surface area contributed by atoms with Gasteiger partial charge in [0.25, 0.3) is 5.69 Å². The molecule has 8 N–H and O–H groups in total. The zero-order chi connectivity index (χ0) is 93.0. The first kappa shape index (κ1) is 100. The van der Waals surface area contributed by atoms with E-state index in [1.807, 2.05) is 136 Å². The Morgan fingerprint density at radius 3 is 1.12 bits per heavy atom. The van der Waals surface area contributed by atoms with E-state index in [0.29, 0.717) is 91.8 Å². The van der Waals surface area contributed by atoms with Crippen LogP contribution in [0.4, 0.5) is 58.1 Å². The van der Waals surface area contributed by atoms with E-state index in [0.717, 1.165) is 52.6 Å². The number of nitrogens with one attached hydrogen (secondary N) is 5. The first-order valence-electron chi connectivity index (χ1n) is 40.9. The molecule has 31 nitrogen and oxygen atoms in total. The Morgan fingerprint density at radius 1 is 0.449 bits per heavy atom. The van der Waals surface area contributed by atoms with Gasteiger partial charge in [-0.25, -0.2) is 24.0 Å². The molecule has 3 fully saturated rings. The van der Waals surface area contributed by atoms with Crippen LogP contribution in [0, 0.1) is 24.0 Å². The maximum absolute atomic E-state index is 12.6. The summed E-state index contributed by atoms with van der Waals surface area (Å²) in [4.78, 5) is 70.9. The van der Waals surface area contributed by atoms with Crippen LogP contribution in [0.3, 0.4) is 0 Å². The molecular formula is C93H116B2N6O25Si. The second-order valence-corrected chi connectivity index (χ2v) is 37.9. The van der Waals surface area contributed by atoms with Crippen LogP contribution in [-0.2, 0) is 81.6 Å². The fourth-order valence-electron chi connectivity index (χ4n) is 11.9. The Morgan fingerprint density at radius 2 is 0.780 bits per heavy atom. The molecule has 3 saturated heterocycles. The van der Waals surface area contributed by atoms with Crippen molar-refractivity contribution in [2.45, 2.75) is 189 Å². The minimum Gasteiger partial charge on any atom is -0.496 e. The number of carbonyl (C=O) groups is 5. The van der Waals surface area contributed by atoms with Crippen LogP contribution in [0.15, 0.2) is 194 Å². The maximum atomic E-state index is 12.6. The zero-order valence-corrected chi connectivity index (χ0v) is 76.3. The van der Waals surface area contributed by atoms with Gasteiger partial charge in [-0.05, 0) is 218 Å². The molecule has 0 aromatic heterocycles. The second kappa shape index (κ2) is 45.9. The van der Waals surface area contributed by atoms with E-state index in [2.05, 4.69) is 60.4 Å². The largest absolute Gasteiger partial charge is 0.496 e. The highest BCUT2D eigenvalue weighted by Gasteiger charge is 2.53. The molecule has 0 bridgehead atoms. The van der Waals surface area contributed by atoms with Crippen molar-refractivity contribution in [3.05, 3.63) is 249 Å². The maximum Gasteiger partial charge on any atom is 0.494 e. The highest BCUT2D eigenvalue weighted by molar-refractivity contribution is 6.74. The van der Waals surface area contributed by atoms with E-state index in [4.69, 9.17) is 80.6 Å². The summed E-state index contributed by atoms with van der Waals surface area (Å²) in [6.45, 7) is 32.0. The summed E-state index contributed by atoms with van der Waals surface area (Å²) in [5.41, 5.74) is 8.73. The van der Waals surface area contributed by atoms with Gasteiger partial charge >= 0.3 is 44.7 Å². The Kier molecular flexibility index (Phi) is 36.2. The number of methoxy groups -OCH3 is 4. The third kappa shape index (κ3) is 29.8. The lowest BCUT2D eigenvalue weighted by Crippen LogP contribution is -2.41. The highest BCUT2D eigenvalue weighted by Crippen LogP contribution is 2.40. The Bertz CT molecular complexity index is 5140. The number of anilines is 5. The van der Waals surface area contributed by atoms with Gasteiger partial charge in [0.05, 0.1) is 75.6 Å². The molecule has 0 spiro atoms. The number of hydrogen-bond donors (Lipinski definition) is 8. The average Bonchev–Trinajstić information content (AvgIpc) is 1.63. The number of para-hydroxylation sites is 2. The van der Waals surface area contributed by atoms with Crippen LogP contribution in [0.2, 0.25) is 18.1 Å². The van der Waals surface area contributed by atoms with Gasteiger partial charge < -0.3 is 85.7 Å². The van der Waals surface area contributed by atoms with E-state index in [1.54, 1.807) is 110 Å². The molecule has 9 aromatic carbocycles. The quantitative estimate of drug-likeness (QED) is 0.0114. The Balaban J connectivity index is 0.000000212. The Hall–Kier alpha value is -12.1. The molecule has 127 heavy (non-hydrogen) atoms. The van der Waals surface area contributed by atoms with E-state index in [1.165, 1.54) is 45.6 Å². The van der Waals surface area contributed by atoms with Gasteiger partial charge in [0.2, 0.25) is 0 Å². The average molecular weight is 1770 g/mol. The van der Waals surface area contributed by atoms with Crippen LogP contribution in [0.1, 0.15) is 134 Å². The molecule has 34 heteroatoms. The highest BCUT2D eigenvalue weighted by atomic mass is 28.4. The molecule has 3 heterocycles. The van der Waals surface area contributed by atoms with Gasteiger partial charge in [-0.2, -0.15) is 0 Å². The first-order chi connectivity index (χ1) is 60.1. The molecule has 0 radical (unpaired) electrons. The van der Waals surface area contributed by atoms with E-state index >= 15 is 0 Å². The smallest absolute Gasteiger partial charge is 0.494 e. The monoisotopic (exact) mass is 1770 g/mol. The summed E-state index contributed by atoms with van der Waals surface area (Å²) < 4.78 is 83.4. The van der Waals surface area contributed by atoms with Crippen LogP contribution in [-0.4, -0.2) is 137 Å². The zero-order valence-electron chi connectivity index (χ0n) is 75.3. The number of carbonyl (C=O) groups excluding carboxylic acids is 5. The second-order valence-electron chi connectivity index (χ2n) is 33.1. The van der Waals surface area contributed by atoms with Crippen molar-refractivity contribution < 1.29 is 115 Å². The van der Waals surface area contributed by atoms with Gasteiger partial charge in [0, 0.05) is 88.0 Å². The van der Waals surface area contributed by atoms with Crippen LogP contribution >= 0.6 is 0 Å². The summed E-state index contributed by atoms with van der Waals surface area (Å²) in [5.74, 6) is 2.94. The third-order valence-electron chi connectivity index (χ3n) is 21.9. The van der Waals surface area contributed by atoms with E-state index in [-0.39, 0.29) is 43.8 Å². The number of nitro benzene ring substituents is 1.